The van der Waals surface area contributed by atoms with Gasteiger partial charge < -0.3 is 10.1 Å². The van der Waals surface area contributed by atoms with Gasteiger partial charge in [0.05, 0.1) is 7.11 Å². The number of ether oxygens (including phenoxy) is 1. The summed E-state index contributed by atoms with van der Waals surface area (Å²) < 4.78 is 6.80. The molecule has 0 radical (unpaired) electrons. The molecule has 0 aliphatic carbocycles. The van der Waals surface area contributed by atoms with Crippen molar-refractivity contribution >= 4 is 5.95 Å². The predicted molar refractivity (Wildman–Crippen MR) is 62.5 cm³/mol. The lowest BCUT2D eigenvalue weighted by Crippen LogP contribution is -1.98. The number of hydrogen-bond acceptors (Lipinski definition) is 4. The van der Waals surface area contributed by atoms with Crippen LogP contribution in [0, 0.1) is 0 Å². The van der Waals surface area contributed by atoms with Crippen LogP contribution >= 0.6 is 0 Å². The molecule has 1 N–H and O–H groups in total. The second-order valence-electron chi connectivity index (χ2n) is 3.36. The molecule has 0 saturated heterocycles. The van der Waals surface area contributed by atoms with Gasteiger partial charge in [-0.1, -0.05) is 0 Å². The molecule has 5 nitrogen and oxygen atoms in total. The van der Waals surface area contributed by atoms with Gasteiger partial charge >= 0.3 is 0 Å². The van der Waals surface area contributed by atoms with E-state index in [2.05, 4.69) is 15.4 Å². The van der Waals surface area contributed by atoms with Crippen molar-refractivity contribution in [1.82, 2.24) is 14.8 Å². The van der Waals surface area contributed by atoms with Crippen molar-refractivity contribution in [3.05, 3.63) is 24.3 Å². The molecule has 0 fully saturated rings. The average Bonchev–Trinajstić information content (AvgIpc) is 2.71. The molecule has 0 aliphatic rings. The minimum absolute atomic E-state index is 0.703. The molecule has 2 rings (SSSR count). The van der Waals surface area contributed by atoms with E-state index in [9.17, 15) is 0 Å². The zero-order valence-corrected chi connectivity index (χ0v) is 9.56. The van der Waals surface area contributed by atoms with E-state index >= 15 is 0 Å². The number of methoxy groups -OCH3 is 1. The van der Waals surface area contributed by atoms with Crippen LogP contribution in [0.1, 0.15) is 0 Å². The fraction of sp³-hybridized carbons (Fsp3) is 0.273. The van der Waals surface area contributed by atoms with E-state index in [0.29, 0.717) is 5.82 Å². The highest BCUT2D eigenvalue weighted by Crippen LogP contribution is 2.20. The summed E-state index contributed by atoms with van der Waals surface area (Å²) in [7, 11) is 5.32. The topological polar surface area (TPSA) is 52.0 Å². The molecule has 0 aliphatic heterocycles. The van der Waals surface area contributed by atoms with Crippen molar-refractivity contribution in [2.45, 2.75) is 0 Å². The third-order valence-electron chi connectivity index (χ3n) is 2.33. The summed E-state index contributed by atoms with van der Waals surface area (Å²) in [6, 6.07) is 7.66. The highest BCUT2D eigenvalue weighted by atomic mass is 16.5. The molecule has 0 saturated carbocycles. The number of benzene rings is 1. The minimum Gasteiger partial charge on any atom is -0.497 e. The Balaban J connectivity index is 2.34. The van der Waals surface area contributed by atoms with E-state index in [1.807, 2.05) is 38.4 Å². The first-order valence-corrected chi connectivity index (χ1v) is 4.98. The Kier molecular flexibility index (Phi) is 2.76. The molecule has 16 heavy (non-hydrogen) atoms. The summed E-state index contributed by atoms with van der Waals surface area (Å²) in [6.07, 6.45) is 0. The van der Waals surface area contributed by atoms with E-state index < -0.39 is 0 Å². The number of nitrogens with one attached hydrogen (secondary N) is 1. The van der Waals surface area contributed by atoms with Crippen molar-refractivity contribution < 1.29 is 4.74 Å². The zero-order chi connectivity index (χ0) is 11.5. The van der Waals surface area contributed by atoms with E-state index in [1.165, 1.54) is 0 Å². The summed E-state index contributed by atoms with van der Waals surface area (Å²) in [5.41, 5.74) is 0.970. The highest BCUT2D eigenvalue weighted by Gasteiger charge is 2.07. The second kappa shape index (κ2) is 4.22. The van der Waals surface area contributed by atoms with Crippen LogP contribution in [0.3, 0.4) is 0 Å². The Morgan fingerprint density at radius 3 is 2.44 bits per heavy atom. The molecule has 1 aromatic heterocycles. The van der Waals surface area contributed by atoms with E-state index in [4.69, 9.17) is 4.74 Å². The Hall–Kier alpha value is -2.04. The normalized spacial score (nSPS) is 10.2. The Labute approximate surface area is 94.1 Å². The SMILES string of the molecule is CNc1nc(-c2ccc(OC)cc2)nn1C. The fourth-order valence-corrected chi connectivity index (χ4v) is 1.46. The molecule has 0 spiro atoms. The first-order chi connectivity index (χ1) is 7.74. The third kappa shape index (κ3) is 1.84. The van der Waals surface area contributed by atoms with Gasteiger partial charge in [0.15, 0.2) is 5.82 Å². The van der Waals surface area contributed by atoms with Gasteiger partial charge in [-0.2, -0.15) is 4.98 Å². The molecule has 0 bridgehead atoms. The van der Waals surface area contributed by atoms with Crippen LogP contribution < -0.4 is 10.1 Å². The second-order valence-corrected chi connectivity index (χ2v) is 3.36. The Morgan fingerprint density at radius 1 is 1.25 bits per heavy atom. The first kappa shape index (κ1) is 10.5. The van der Waals surface area contributed by atoms with Gasteiger partial charge in [-0.05, 0) is 24.3 Å². The van der Waals surface area contributed by atoms with Crippen LogP contribution in [-0.4, -0.2) is 28.9 Å². The number of anilines is 1. The fourth-order valence-electron chi connectivity index (χ4n) is 1.46. The lowest BCUT2D eigenvalue weighted by Gasteiger charge is -1.99. The van der Waals surface area contributed by atoms with Gasteiger partial charge in [0.2, 0.25) is 5.95 Å². The smallest absolute Gasteiger partial charge is 0.221 e. The summed E-state index contributed by atoms with van der Waals surface area (Å²) in [5.74, 6) is 2.27. The minimum atomic E-state index is 0.703. The van der Waals surface area contributed by atoms with Gasteiger partial charge in [-0.15, -0.1) is 5.10 Å². The summed E-state index contributed by atoms with van der Waals surface area (Å²) in [5, 5.41) is 7.28. The largest absolute Gasteiger partial charge is 0.497 e. The van der Waals surface area contributed by atoms with E-state index in [1.54, 1.807) is 11.8 Å². The molecule has 5 heteroatoms. The molecular formula is C11H14N4O. The van der Waals surface area contributed by atoms with Crippen molar-refractivity contribution in [1.29, 1.82) is 0 Å². The monoisotopic (exact) mass is 218 g/mol. The zero-order valence-electron chi connectivity index (χ0n) is 9.56. The number of aromatic nitrogens is 3. The Bertz CT molecular complexity index is 475. The first-order valence-electron chi connectivity index (χ1n) is 4.98. The molecule has 0 amide bonds. The third-order valence-corrected chi connectivity index (χ3v) is 2.33. The van der Waals surface area contributed by atoms with Crippen molar-refractivity contribution in [2.75, 3.05) is 19.5 Å². The van der Waals surface area contributed by atoms with Crippen LogP contribution in [0.4, 0.5) is 5.95 Å². The molecule has 0 atom stereocenters. The van der Waals surface area contributed by atoms with E-state index in [0.717, 1.165) is 17.3 Å². The van der Waals surface area contributed by atoms with Crippen molar-refractivity contribution in [3.8, 4) is 17.1 Å². The molecule has 0 unspecified atom stereocenters. The van der Waals surface area contributed by atoms with Gasteiger partial charge in [0, 0.05) is 19.7 Å². The summed E-state index contributed by atoms with van der Waals surface area (Å²) in [4.78, 5) is 4.35. The highest BCUT2D eigenvalue weighted by molar-refractivity contribution is 5.57. The van der Waals surface area contributed by atoms with Crippen LogP contribution in [0.5, 0.6) is 5.75 Å². The quantitative estimate of drug-likeness (QED) is 0.848. The van der Waals surface area contributed by atoms with Crippen LogP contribution in [0.15, 0.2) is 24.3 Å². The van der Waals surface area contributed by atoms with Gasteiger partial charge in [-0.25, -0.2) is 4.68 Å². The lowest BCUT2D eigenvalue weighted by molar-refractivity contribution is 0.415. The van der Waals surface area contributed by atoms with Gasteiger partial charge in [0.25, 0.3) is 0 Å². The molecule has 2 aromatic rings. The van der Waals surface area contributed by atoms with Crippen molar-refractivity contribution in [3.63, 3.8) is 0 Å². The molecule has 84 valence electrons. The Morgan fingerprint density at radius 2 is 1.94 bits per heavy atom. The van der Waals surface area contributed by atoms with Crippen LogP contribution in [0.25, 0.3) is 11.4 Å². The number of nitrogens with zero attached hydrogens (tertiary/aromatic N) is 3. The molecule has 1 aromatic carbocycles. The summed E-state index contributed by atoms with van der Waals surface area (Å²) >= 11 is 0. The van der Waals surface area contributed by atoms with E-state index in [-0.39, 0.29) is 0 Å². The van der Waals surface area contributed by atoms with Gasteiger partial charge in [0.1, 0.15) is 5.75 Å². The predicted octanol–water partition coefficient (Wildman–Crippen LogP) is 1.53. The standard InChI is InChI=1S/C11H14N4O/c1-12-11-13-10(14-15(11)2)8-4-6-9(16-3)7-5-8/h4-7H,1-3H3,(H,12,13,14). The number of hydrogen-bond donors (Lipinski definition) is 1. The average molecular weight is 218 g/mol. The van der Waals surface area contributed by atoms with Crippen molar-refractivity contribution in [2.24, 2.45) is 7.05 Å². The molecule has 1 heterocycles. The van der Waals surface area contributed by atoms with Gasteiger partial charge in [-0.3, -0.25) is 0 Å². The maximum atomic E-state index is 5.10. The maximum Gasteiger partial charge on any atom is 0.221 e. The summed E-state index contributed by atoms with van der Waals surface area (Å²) in [6.45, 7) is 0. The number of rotatable bonds is 3. The lowest BCUT2D eigenvalue weighted by atomic mass is 10.2. The molecular weight excluding hydrogens is 204 g/mol. The number of aryl methyl sites for hydroxylation is 1. The maximum absolute atomic E-state index is 5.10. The van der Waals surface area contributed by atoms with Crippen LogP contribution in [-0.2, 0) is 7.05 Å². The van der Waals surface area contributed by atoms with Crippen LogP contribution in [0.2, 0.25) is 0 Å².